The van der Waals surface area contributed by atoms with E-state index in [4.69, 9.17) is 14.3 Å². The number of carbonyl (C=O) groups excluding carboxylic acids is 2. The van der Waals surface area contributed by atoms with Crippen LogP contribution in [-0.2, 0) is 36.8 Å². The van der Waals surface area contributed by atoms with Gasteiger partial charge in [-0.2, -0.15) is 0 Å². The SMILES string of the molecule is COC(=O)C1(c2cccc(OCc3ccccc3)c2)CC1C(=O)NOC(c1ccccc1)(c1ccccc1)c1ccccc1. The van der Waals surface area contributed by atoms with E-state index >= 15 is 0 Å². The highest BCUT2D eigenvalue weighted by Crippen LogP contribution is 2.56. The second-order valence-electron chi connectivity index (χ2n) is 10.9. The topological polar surface area (TPSA) is 73.9 Å². The lowest BCUT2D eigenvalue weighted by Crippen LogP contribution is -2.42. The van der Waals surface area contributed by atoms with E-state index in [1.54, 1.807) is 0 Å². The minimum absolute atomic E-state index is 0.284. The molecule has 0 spiro atoms. The van der Waals surface area contributed by atoms with E-state index in [1.807, 2.05) is 146 Å². The van der Waals surface area contributed by atoms with Gasteiger partial charge in [-0.25, -0.2) is 5.48 Å². The predicted molar refractivity (Wildman–Crippen MR) is 167 cm³/mol. The Labute approximate surface area is 257 Å². The molecule has 0 aromatic heterocycles. The molecule has 6 heteroatoms. The van der Waals surface area contributed by atoms with Crippen molar-refractivity contribution >= 4 is 11.9 Å². The van der Waals surface area contributed by atoms with Crippen molar-refractivity contribution < 1.29 is 23.9 Å². The number of hydrogen-bond donors (Lipinski definition) is 1. The molecule has 5 aromatic carbocycles. The fourth-order valence-corrected chi connectivity index (χ4v) is 5.92. The Hall–Kier alpha value is -5.20. The van der Waals surface area contributed by atoms with Crippen molar-refractivity contribution in [1.29, 1.82) is 0 Å². The molecule has 0 radical (unpaired) electrons. The van der Waals surface area contributed by atoms with Crippen LogP contribution >= 0.6 is 0 Å². The summed E-state index contributed by atoms with van der Waals surface area (Å²) in [7, 11) is 1.34. The van der Waals surface area contributed by atoms with Gasteiger partial charge in [-0.15, -0.1) is 0 Å². The predicted octanol–water partition coefficient (Wildman–Crippen LogP) is 6.74. The fraction of sp³-hybridized carbons (Fsp3) is 0.158. The zero-order valence-corrected chi connectivity index (χ0v) is 24.4. The number of methoxy groups -OCH3 is 1. The molecule has 0 saturated heterocycles. The van der Waals surface area contributed by atoms with Crippen molar-refractivity contribution in [1.82, 2.24) is 5.48 Å². The summed E-state index contributed by atoms with van der Waals surface area (Å²) in [5, 5.41) is 0. The second-order valence-corrected chi connectivity index (χ2v) is 10.9. The quantitative estimate of drug-likeness (QED) is 0.106. The van der Waals surface area contributed by atoms with Gasteiger partial charge in [0.2, 0.25) is 5.91 Å². The molecule has 0 bridgehead atoms. The smallest absolute Gasteiger partial charge is 0.317 e. The van der Waals surface area contributed by atoms with Gasteiger partial charge in [-0.3, -0.25) is 14.4 Å². The summed E-state index contributed by atoms with van der Waals surface area (Å²) in [6.07, 6.45) is 0.284. The van der Waals surface area contributed by atoms with Gasteiger partial charge in [0.25, 0.3) is 0 Å². The number of esters is 1. The Morgan fingerprint density at radius 3 is 1.77 bits per heavy atom. The van der Waals surface area contributed by atoms with Gasteiger partial charge in [0, 0.05) is 0 Å². The van der Waals surface area contributed by atoms with Gasteiger partial charge in [0.05, 0.1) is 13.0 Å². The maximum atomic E-state index is 13.9. The first-order valence-electron chi connectivity index (χ1n) is 14.6. The average molecular weight is 584 g/mol. The third-order valence-corrected chi connectivity index (χ3v) is 8.27. The third kappa shape index (κ3) is 5.48. The van der Waals surface area contributed by atoms with Crippen molar-refractivity contribution in [2.24, 2.45) is 5.92 Å². The Bertz CT molecular complexity index is 1610. The number of nitrogens with one attached hydrogen (secondary N) is 1. The summed E-state index contributed by atoms with van der Waals surface area (Å²) < 4.78 is 11.3. The molecule has 1 aliphatic carbocycles. The molecule has 0 heterocycles. The third-order valence-electron chi connectivity index (χ3n) is 8.27. The summed E-state index contributed by atoms with van der Waals surface area (Å²) in [5.41, 5.74) is 4.69. The lowest BCUT2D eigenvalue weighted by molar-refractivity contribution is -0.150. The van der Waals surface area contributed by atoms with Gasteiger partial charge >= 0.3 is 5.97 Å². The van der Waals surface area contributed by atoms with Crippen LogP contribution in [0.25, 0.3) is 0 Å². The molecule has 2 unspecified atom stereocenters. The molecule has 0 aliphatic heterocycles. The summed E-state index contributed by atoms with van der Waals surface area (Å²) in [4.78, 5) is 33.7. The van der Waals surface area contributed by atoms with E-state index < -0.39 is 28.8 Å². The minimum Gasteiger partial charge on any atom is -0.489 e. The normalized spacial score (nSPS) is 17.3. The van der Waals surface area contributed by atoms with Gasteiger partial charge in [0.15, 0.2) is 5.60 Å². The number of carbonyl (C=O) groups is 2. The van der Waals surface area contributed by atoms with Crippen LogP contribution in [0.2, 0.25) is 0 Å². The lowest BCUT2D eigenvalue weighted by Gasteiger charge is -2.35. The molecule has 220 valence electrons. The van der Waals surface area contributed by atoms with Crippen molar-refractivity contribution in [3.8, 4) is 5.75 Å². The van der Waals surface area contributed by atoms with Crippen molar-refractivity contribution in [2.75, 3.05) is 7.11 Å². The molecule has 1 aliphatic rings. The zero-order chi connectivity index (χ0) is 30.4. The first-order valence-corrected chi connectivity index (χ1v) is 14.6. The van der Waals surface area contributed by atoms with Crippen LogP contribution in [-0.4, -0.2) is 19.0 Å². The molecule has 1 fully saturated rings. The second kappa shape index (κ2) is 12.6. The molecule has 5 aromatic rings. The van der Waals surface area contributed by atoms with Crippen molar-refractivity contribution in [2.45, 2.75) is 24.0 Å². The first kappa shape index (κ1) is 28.9. The summed E-state index contributed by atoms with van der Waals surface area (Å²) in [5.74, 6) is -0.969. The number of hydrogen-bond acceptors (Lipinski definition) is 5. The molecule has 44 heavy (non-hydrogen) atoms. The largest absolute Gasteiger partial charge is 0.489 e. The molecule has 1 amide bonds. The molecule has 1 N–H and O–H groups in total. The minimum atomic E-state index is -1.15. The highest BCUT2D eigenvalue weighted by Gasteiger charge is 2.66. The molecular weight excluding hydrogens is 550 g/mol. The van der Waals surface area contributed by atoms with E-state index in [1.165, 1.54) is 7.11 Å². The number of benzene rings is 5. The number of amides is 1. The van der Waals surface area contributed by atoms with Gasteiger partial charge in [-0.1, -0.05) is 133 Å². The summed E-state index contributed by atoms with van der Waals surface area (Å²) in [6, 6.07) is 46.5. The standard InChI is InChI=1S/C38H33NO5/c1-42-36(41)37(32-23-14-24-33(25-32)43-27-28-15-6-2-7-16-28)26-34(37)35(40)39-44-38(29-17-8-3-9-18-29,30-19-10-4-11-20-30)31-21-12-5-13-22-31/h2-25,34H,26-27H2,1H3,(H,39,40). The van der Waals surface area contributed by atoms with Crippen LogP contribution in [0.5, 0.6) is 5.75 Å². The maximum absolute atomic E-state index is 13.9. The molecule has 2 atom stereocenters. The van der Waals surface area contributed by atoms with E-state index in [0.717, 1.165) is 22.3 Å². The summed E-state index contributed by atoms with van der Waals surface area (Å²) >= 11 is 0. The van der Waals surface area contributed by atoms with E-state index in [2.05, 4.69) is 5.48 Å². The zero-order valence-electron chi connectivity index (χ0n) is 24.4. The first-order chi connectivity index (χ1) is 21.6. The Morgan fingerprint density at radius 2 is 1.25 bits per heavy atom. The average Bonchev–Trinajstić information content (AvgIpc) is 3.87. The van der Waals surface area contributed by atoms with Crippen LogP contribution in [0.15, 0.2) is 146 Å². The number of hydroxylamine groups is 1. The Kier molecular flexibility index (Phi) is 8.26. The van der Waals surface area contributed by atoms with E-state index in [-0.39, 0.29) is 6.42 Å². The van der Waals surface area contributed by atoms with Crippen molar-refractivity contribution in [3.63, 3.8) is 0 Å². The lowest BCUT2D eigenvalue weighted by atomic mass is 9.80. The van der Waals surface area contributed by atoms with Crippen LogP contribution in [0.4, 0.5) is 0 Å². The molecule has 6 nitrogen and oxygen atoms in total. The summed E-state index contributed by atoms with van der Waals surface area (Å²) in [6.45, 7) is 0.383. The Morgan fingerprint density at radius 1 is 0.727 bits per heavy atom. The van der Waals surface area contributed by atoms with Crippen LogP contribution < -0.4 is 10.2 Å². The highest BCUT2D eigenvalue weighted by molar-refractivity contribution is 5.98. The van der Waals surface area contributed by atoms with Crippen LogP contribution in [0, 0.1) is 5.92 Å². The molecule has 6 rings (SSSR count). The van der Waals surface area contributed by atoms with Gasteiger partial charge in [-0.05, 0) is 46.4 Å². The van der Waals surface area contributed by atoms with Crippen LogP contribution in [0.1, 0.15) is 34.2 Å². The number of rotatable bonds is 11. The fourth-order valence-electron chi connectivity index (χ4n) is 5.92. The van der Waals surface area contributed by atoms with E-state index in [0.29, 0.717) is 17.9 Å². The molecule has 1 saturated carbocycles. The molecular formula is C38H33NO5. The number of ether oxygens (including phenoxy) is 2. The van der Waals surface area contributed by atoms with Gasteiger partial charge < -0.3 is 9.47 Å². The van der Waals surface area contributed by atoms with E-state index in [9.17, 15) is 9.59 Å². The van der Waals surface area contributed by atoms with Gasteiger partial charge in [0.1, 0.15) is 17.8 Å². The Balaban J connectivity index is 1.29. The highest BCUT2D eigenvalue weighted by atomic mass is 16.7. The van der Waals surface area contributed by atoms with Crippen molar-refractivity contribution in [3.05, 3.63) is 173 Å². The maximum Gasteiger partial charge on any atom is 0.317 e. The monoisotopic (exact) mass is 583 g/mol. The van der Waals surface area contributed by atoms with Crippen LogP contribution in [0.3, 0.4) is 0 Å².